The smallest absolute Gasteiger partial charge is 0.120 e. The third-order valence-corrected chi connectivity index (χ3v) is 3.87. The minimum absolute atomic E-state index is 0.0233. The van der Waals surface area contributed by atoms with Crippen molar-refractivity contribution in [3.05, 3.63) is 23.8 Å². The van der Waals surface area contributed by atoms with E-state index >= 15 is 0 Å². The number of benzene rings is 1. The largest absolute Gasteiger partial charge is 0.508 e. The molecule has 0 saturated heterocycles. The molecule has 0 bridgehead atoms. The first-order valence-corrected chi connectivity index (χ1v) is 6.55. The minimum Gasteiger partial charge on any atom is -0.508 e. The molecule has 2 rings (SSSR count). The molecule has 100 valence electrons. The molecule has 0 aliphatic heterocycles. The second-order valence-corrected chi connectivity index (χ2v) is 5.16. The van der Waals surface area contributed by atoms with Crippen LogP contribution in [0.3, 0.4) is 0 Å². The molecule has 4 nitrogen and oxygen atoms in total. The number of hydrogen-bond acceptors (Lipinski definition) is 4. The zero-order valence-corrected chi connectivity index (χ0v) is 10.4. The Morgan fingerprint density at radius 1 is 1.11 bits per heavy atom. The molecule has 1 aliphatic carbocycles. The molecule has 1 aromatic carbocycles. The van der Waals surface area contributed by atoms with E-state index in [2.05, 4.69) is 0 Å². The average molecular weight is 251 g/mol. The molecule has 4 heteroatoms. The Balaban J connectivity index is 2.13. The number of aliphatic hydroxyl groups is 1. The third-order valence-electron chi connectivity index (χ3n) is 3.87. The van der Waals surface area contributed by atoms with Gasteiger partial charge in [0.05, 0.1) is 12.1 Å². The van der Waals surface area contributed by atoms with Crippen LogP contribution in [-0.4, -0.2) is 21.4 Å². The van der Waals surface area contributed by atoms with Crippen LogP contribution in [0.5, 0.6) is 11.5 Å². The van der Waals surface area contributed by atoms with Crippen molar-refractivity contribution in [1.82, 2.24) is 0 Å². The highest BCUT2D eigenvalue weighted by Gasteiger charge is 2.29. The van der Waals surface area contributed by atoms with Gasteiger partial charge in [0, 0.05) is 5.56 Å². The molecule has 0 amide bonds. The van der Waals surface area contributed by atoms with E-state index in [1.807, 2.05) is 0 Å². The third kappa shape index (κ3) is 2.76. The minimum atomic E-state index is -0.669. The summed E-state index contributed by atoms with van der Waals surface area (Å²) in [5.41, 5.74) is 6.43. The fourth-order valence-corrected chi connectivity index (χ4v) is 2.76. The lowest BCUT2D eigenvalue weighted by Gasteiger charge is -2.30. The number of phenols is 2. The molecular weight excluding hydrogens is 230 g/mol. The second kappa shape index (κ2) is 5.59. The molecule has 1 saturated carbocycles. The van der Waals surface area contributed by atoms with E-state index < -0.39 is 12.1 Å². The Labute approximate surface area is 107 Å². The van der Waals surface area contributed by atoms with Gasteiger partial charge in [-0.05, 0) is 37.0 Å². The molecule has 5 N–H and O–H groups in total. The molecule has 0 spiro atoms. The monoisotopic (exact) mass is 251 g/mol. The van der Waals surface area contributed by atoms with E-state index in [0.29, 0.717) is 5.56 Å². The summed E-state index contributed by atoms with van der Waals surface area (Å²) >= 11 is 0. The molecule has 0 aromatic heterocycles. The average Bonchev–Trinajstić information content (AvgIpc) is 2.41. The summed E-state index contributed by atoms with van der Waals surface area (Å²) in [6.07, 6.45) is 4.76. The normalized spacial score (nSPS) is 20.6. The molecule has 0 radical (unpaired) electrons. The van der Waals surface area contributed by atoms with Crippen molar-refractivity contribution in [1.29, 1.82) is 0 Å². The standard InChI is InChI=1S/C14H21NO3/c15-13(11-8-10(16)6-7-12(11)17)14(18)9-4-2-1-3-5-9/h6-9,13-14,16-18H,1-5,15H2/t13-,14+/m0/s1. The molecule has 0 unspecified atom stereocenters. The van der Waals surface area contributed by atoms with Crippen LogP contribution in [0.4, 0.5) is 0 Å². The van der Waals surface area contributed by atoms with E-state index in [4.69, 9.17) is 5.73 Å². The molecule has 2 atom stereocenters. The number of aliphatic hydroxyl groups excluding tert-OH is 1. The van der Waals surface area contributed by atoms with Crippen molar-refractivity contribution in [3.8, 4) is 11.5 Å². The predicted octanol–water partition coefficient (Wildman–Crippen LogP) is 2.04. The zero-order valence-electron chi connectivity index (χ0n) is 10.4. The van der Waals surface area contributed by atoms with Gasteiger partial charge in [0.15, 0.2) is 0 Å². The van der Waals surface area contributed by atoms with Crippen LogP contribution in [0, 0.1) is 5.92 Å². The number of rotatable bonds is 3. The van der Waals surface area contributed by atoms with Crippen LogP contribution < -0.4 is 5.73 Å². The van der Waals surface area contributed by atoms with Crippen LogP contribution in [-0.2, 0) is 0 Å². The van der Waals surface area contributed by atoms with Crippen molar-refractivity contribution in [2.45, 2.75) is 44.2 Å². The van der Waals surface area contributed by atoms with Crippen LogP contribution in [0.25, 0.3) is 0 Å². The van der Waals surface area contributed by atoms with Crippen LogP contribution in [0.15, 0.2) is 18.2 Å². The second-order valence-electron chi connectivity index (χ2n) is 5.16. The van der Waals surface area contributed by atoms with Gasteiger partial charge in [-0.15, -0.1) is 0 Å². The number of aromatic hydroxyl groups is 2. The van der Waals surface area contributed by atoms with E-state index in [0.717, 1.165) is 25.7 Å². The summed E-state index contributed by atoms with van der Waals surface area (Å²) < 4.78 is 0. The zero-order chi connectivity index (χ0) is 13.1. The lowest BCUT2D eigenvalue weighted by atomic mass is 9.81. The molecule has 1 aromatic rings. The van der Waals surface area contributed by atoms with E-state index in [1.54, 1.807) is 0 Å². The maximum Gasteiger partial charge on any atom is 0.120 e. The predicted molar refractivity (Wildman–Crippen MR) is 69.3 cm³/mol. The van der Waals surface area contributed by atoms with Crippen molar-refractivity contribution in [2.75, 3.05) is 0 Å². The van der Waals surface area contributed by atoms with E-state index in [-0.39, 0.29) is 17.4 Å². The summed E-state index contributed by atoms with van der Waals surface area (Å²) in [5.74, 6) is 0.264. The summed E-state index contributed by atoms with van der Waals surface area (Å²) in [6.45, 7) is 0. The van der Waals surface area contributed by atoms with Gasteiger partial charge < -0.3 is 21.1 Å². The van der Waals surface area contributed by atoms with Crippen LogP contribution >= 0.6 is 0 Å². The number of hydrogen-bond donors (Lipinski definition) is 4. The molecular formula is C14H21NO3. The first-order chi connectivity index (χ1) is 8.59. The maximum absolute atomic E-state index is 10.3. The topological polar surface area (TPSA) is 86.7 Å². The van der Waals surface area contributed by atoms with Gasteiger partial charge in [-0.1, -0.05) is 19.3 Å². The first kappa shape index (κ1) is 13.2. The van der Waals surface area contributed by atoms with Crippen molar-refractivity contribution < 1.29 is 15.3 Å². The quantitative estimate of drug-likeness (QED) is 0.619. The number of phenolic OH excluding ortho intramolecular Hbond substituents is 2. The first-order valence-electron chi connectivity index (χ1n) is 6.55. The fourth-order valence-electron chi connectivity index (χ4n) is 2.76. The van der Waals surface area contributed by atoms with Crippen molar-refractivity contribution >= 4 is 0 Å². The molecule has 0 heterocycles. The van der Waals surface area contributed by atoms with Gasteiger partial charge in [-0.2, -0.15) is 0 Å². The summed E-state index contributed by atoms with van der Waals surface area (Å²) in [4.78, 5) is 0. The van der Waals surface area contributed by atoms with Crippen molar-refractivity contribution in [3.63, 3.8) is 0 Å². The van der Waals surface area contributed by atoms with Crippen LogP contribution in [0.2, 0.25) is 0 Å². The highest BCUT2D eigenvalue weighted by molar-refractivity contribution is 5.41. The van der Waals surface area contributed by atoms with Gasteiger partial charge in [-0.3, -0.25) is 0 Å². The summed E-state index contributed by atoms with van der Waals surface area (Å²) in [5, 5.41) is 29.5. The molecule has 1 fully saturated rings. The van der Waals surface area contributed by atoms with Gasteiger partial charge >= 0.3 is 0 Å². The Morgan fingerprint density at radius 3 is 2.44 bits per heavy atom. The Bertz CT molecular complexity index is 402. The van der Waals surface area contributed by atoms with Crippen LogP contribution in [0.1, 0.15) is 43.7 Å². The Morgan fingerprint density at radius 2 is 1.78 bits per heavy atom. The van der Waals surface area contributed by atoms with E-state index in [9.17, 15) is 15.3 Å². The lowest BCUT2D eigenvalue weighted by molar-refractivity contribution is 0.0610. The number of nitrogens with two attached hydrogens (primary N) is 1. The maximum atomic E-state index is 10.3. The van der Waals surface area contributed by atoms with Gasteiger partial charge in [-0.25, -0.2) is 0 Å². The molecule has 18 heavy (non-hydrogen) atoms. The summed E-state index contributed by atoms with van der Waals surface area (Å²) in [7, 11) is 0. The van der Waals surface area contributed by atoms with E-state index in [1.165, 1.54) is 24.6 Å². The van der Waals surface area contributed by atoms with Gasteiger partial charge in [0.1, 0.15) is 11.5 Å². The lowest BCUT2D eigenvalue weighted by Crippen LogP contribution is -2.34. The highest BCUT2D eigenvalue weighted by Crippen LogP contribution is 2.35. The SMILES string of the molecule is N[C@@H](c1cc(O)ccc1O)[C@H](O)C1CCCCC1. The molecule has 1 aliphatic rings. The fraction of sp³-hybridized carbons (Fsp3) is 0.571. The van der Waals surface area contributed by atoms with Gasteiger partial charge in [0.2, 0.25) is 0 Å². The Kier molecular flexibility index (Phi) is 4.09. The van der Waals surface area contributed by atoms with Gasteiger partial charge in [0.25, 0.3) is 0 Å². The Hall–Kier alpha value is -1.26. The van der Waals surface area contributed by atoms with Crippen molar-refractivity contribution in [2.24, 2.45) is 11.7 Å². The highest BCUT2D eigenvalue weighted by atomic mass is 16.3. The summed E-state index contributed by atoms with van der Waals surface area (Å²) in [6, 6.07) is 3.57.